The van der Waals surface area contributed by atoms with Crippen molar-refractivity contribution in [3.8, 4) is 12.1 Å². The number of nitriles is 2. The molecular formula is C18H20N8O4S. The number of aromatic nitrogens is 2. The van der Waals surface area contributed by atoms with Crippen LogP contribution in [0.3, 0.4) is 0 Å². The van der Waals surface area contributed by atoms with Gasteiger partial charge in [0.25, 0.3) is 0 Å². The Kier molecular flexibility index (Phi) is 7.79. The predicted molar refractivity (Wildman–Crippen MR) is 112 cm³/mol. The van der Waals surface area contributed by atoms with E-state index in [0.717, 1.165) is 11.2 Å². The van der Waals surface area contributed by atoms with Crippen LogP contribution < -0.4 is 10.2 Å². The molecule has 0 unspecified atom stereocenters. The summed E-state index contributed by atoms with van der Waals surface area (Å²) in [5.41, 5.74) is -0.147. The van der Waals surface area contributed by atoms with Crippen molar-refractivity contribution >= 4 is 33.0 Å². The van der Waals surface area contributed by atoms with Gasteiger partial charge < -0.3 is 10.2 Å². The molecule has 12 nitrogen and oxygen atoms in total. The van der Waals surface area contributed by atoms with Crippen molar-refractivity contribution in [2.24, 2.45) is 0 Å². The zero-order chi connectivity index (χ0) is 23.0. The maximum atomic E-state index is 12.6. The second-order valence-electron chi connectivity index (χ2n) is 6.06. The molecule has 0 aliphatic heterocycles. The third-order valence-corrected chi connectivity index (χ3v) is 6.33. The summed E-state index contributed by atoms with van der Waals surface area (Å²) >= 11 is 0. The molecule has 1 aromatic carbocycles. The number of rotatable bonds is 10. The summed E-state index contributed by atoms with van der Waals surface area (Å²) in [6, 6.07) is 9.38. The average Bonchev–Trinajstić information content (AvgIpc) is 2.74. The number of nitro groups is 1. The van der Waals surface area contributed by atoms with Gasteiger partial charge in [-0.1, -0.05) is 13.8 Å². The molecule has 2 rings (SSSR count). The first-order chi connectivity index (χ1) is 14.8. The van der Waals surface area contributed by atoms with E-state index in [1.807, 2.05) is 12.1 Å². The number of nitrogens with zero attached hydrogens (tertiary/aromatic N) is 7. The molecule has 0 fully saturated rings. The summed E-state index contributed by atoms with van der Waals surface area (Å²) in [6.07, 6.45) is 1.08. The summed E-state index contributed by atoms with van der Waals surface area (Å²) in [5, 5.41) is 32.3. The van der Waals surface area contributed by atoms with Gasteiger partial charge >= 0.3 is 5.69 Å². The molecule has 0 saturated carbocycles. The Balaban J connectivity index is 2.41. The maximum Gasteiger partial charge on any atom is 0.353 e. The molecule has 31 heavy (non-hydrogen) atoms. The van der Waals surface area contributed by atoms with Crippen molar-refractivity contribution in [3.05, 3.63) is 40.7 Å². The number of sulfonamides is 1. The molecule has 1 aromatic heterocycles. The van der Waals surface area contributed by atoms with Gasteiger partial charge in [0.05, 0.1) is 22.0 Å². The second kappa shape index (κ2) is 10.3. The Bertz CT molecular complexity index is 1100. The van der Waals surface area contributed by atoms with Crippen LogP contribution in [0.15, 0.2) is 35.5 Å². The fourth-order valence-electron chi connectivity index (χ4n) is 2.80. The number of hydrogen-bond donors (Lipinski definition) is 1. The molecule has 0 aliphatic rings. The van der Waals surface area contributed by atoms with Crippen LogP contribution in [0.4, 0.5) is 23.0 Å². The van der Waals surface area contributed by atoms with E-state index in [9.17, 15) is 18.5 Å². The van der Waals surface area contributed by atoms with Gasteiger partial charge in [0.15, 0.2) is 0 Å². The van der Waals surface area contributed by atoms with Gasteiger partial charge in [-0.15, -0.1) is 0 Å². The van der Waals surface area contributed by atoms with Crippen LogP contribution >= 0.6 is 0 Å². The largest absolute Gasteiger partial charge is 0.353 e. The minimum Gasteiger partial charge on any atom is -0.334 e. The molecule has 0 bridgehead atoms. The maximum absolute atomic E-state index is 12.6. The second-order valence-corrected chi connectivity index (χ2v) is 8.00. The highest BCUT2D eigenvalue weighted by Crippen LogP contribution is 2.33. The van der Waals surface area contributed by atoms with Crippen molar-refractivity contribution in [2.45, 2.75) is 18.7 Å². The summed E-state index contributed by atoms with van der Waals surface area (Å²) in [4.78, 5) is 20.0. The Hall–Kier alpha value is -3.81. The van der Waals surface area contributed by atoms with Crippen LogP contribution in [0.5, 0.6) is 0 Å². The molecule has 0 amide bonds. The van der Waals surface area contributed by atoms with Crippen LogP contribution in [-0.4, -0.2) is 53.8 Å². The lowest BCUT2D eigenvalue weighted by atomic mass is 10.3. The Morgan fingerprint density at radius 2 is 1.68 bits per heavy atom. The smallest absolute Gasteiger partial charge is 0.334 e. The quantitative estimate of drug-likeness (QED) is 0.325. The van der Waals surface area contributed by atoms with Crippen LogP contribution in [0.1, 0.15) is 13.8 Å². The van der Waals surface area contributed by atoms with Gasteiger partial charge in [0.1, 0.15) is 19.4 Å². The molecule has 1 N–H and O–H groups in total. The van der Waals surface area contributed by atoms with Crippen LogP contribution in [-0.2, 0) is 10.0 Å². The van der Waals surface area contributed by atoms with Crippen LogP contribution in [0.25, 0.3) is 0 Å². The summed E-state index contributed by atoms with van der Waals surface area (Å²) in [7, 11) is -3.64. The Morgan fingerprint density at radius 1 is 1.10 bits per heavy atom. The molecule has 0 saturated heterocycles. The first kappa shape index (κ1) is 23.5. The van der Waals surface area contributed by atoms with Crippen LogP contribution in [0, 0.1) is 32.8 Å². The molecule has 0 radical (unpaired) electrons. The highest BCUT2D eigenvalue weighted by molar-refractivity contribution is 7.89. The van der Waals surface area contributed by atoms with E-state index in [4.69, 9.17) is 10.5 Å². The van der Waals surface area contributed by atoms with Crippen molar-refractivity contribution in [3.63, 3.8) is 0 Å². The van der Waals surface area contributed by atoms with E-state index in [0.29, 0.717) is 18.8 Å². The van der Waals surface area contributed by atoms with E-state index in [-0.39, 0.29) is 29.6 Å². The number of nitrogens with one attached hydrogen (secondary N) is 1. The van der Waals surface area contributed by atoms with Gasteiger partial charge in [-0.3, -0.25) is 10.1 Å². The average molecular weight is 444 g/mol. The highest BCUT2D eigenvalue weighted by Gasteiger charge is 2.27. The normalized spacial score (nSPS) is 10.9. The topological polar surface area (TPSA) is 169 Å². The van der Waals surface area contributed by atoms with Gasteiger partial charge in [0.2, 0.25) is 21.7 Å². The van der Waals surface area contributed by atoms with Gasteiger partial charge in [-0.05, 0) is 24.3 Å². The Morgan fingerprint density at radius 3 is 2.16 bits per heavy atom. The summed E-state index contributed by atoms with van der Waals surface area (Å²) in [6.45, 7) is 3.59. The summed E-state index contributed by atoms with van der Waals surface area (Å²) in [5.74, 6) is -0.332. The number of hydrogen-bond acceptors (Lipinski definition) is 10. The molecule has 162 valence electrons. The lowest BCUT2D eigenvalue weighted by Gasteiger charge is -2.19. The lowest BCUT2D eigenvalue weighted by molar-refractivity contribution is -0.383. The monoisotopic (exact) mass is 444 g/mol. The van der Waals surface area contributed by atoms with E-state index >= 15 is 0 Å². The molecular weight excluding hydrogens is 424 g/mol. The lowest BCUT2D eigenvalue weighted by Crippen LogP contribution is -2.30. The van der Waals surface area contributed by atoms with E-state index in [2.05, 4.69) is 15.3 Å². The predicted octanol–water partition coefficient (Wildman–Crippen LogP) is 2.01. The van der Waals surface area contributed by atoms with Gasteiger partial charge in [-0.2, -0.15) is 14.8 Å². The van der Waals surface area contributed by atoms with E-state index in [1.54, 1.807) is 13.8 Å². The molecule has 0 aliphatic carbocycles. The minimum absolute atomic E-state index is 0.0915. The highest BCUT2D eigenvalue weighted by atomic mass is 32.2. The summed E-state index contributed by atoms with van der Waals surface area (Å²) < 4.78 is 26.5. The minimum atomic E-state index is -3.64. The standard InChI is InChI=1S/C18H20N8O4S/c1-3-25(4-2)31(29,30)15-7-5-14(6-8-15)23-17-16(26(27)28)18(22-13-21-17)24(11-9-19)12-10-20/h5-8,13H,3-4,11-12H2,1-2H3,(H,21,22,23). The van der Waals surface area contributed by atoms with Crippen molar-refractivity contribution in [1.29, 1.82) is 10.5 Å². The first-order valence-corrected chi connectivity index (χ1v) is 10.6. The molecule has 0 atom stereocenters. The van der Waals surface area contributed by atoms with Crippen LogP contribution in [0.2, 0.25) is 0 Å². The van der Waals surface area contributed by atoms with E-state index < -0.39 is 20.6 Å². The molecule has 0 spiro atoms. The number of anilines is 3. The first-order valence-electron chi connectivity index (χ1n) is 9.15. The molecule has 1 heterocycles. The third kappa shape index (κ3) is 5.22. The molecule has 2 aromatic rings. The van der Waals surface area contributed by atoms with Crippen molar-refractivity contribution in [2.75, 3.05) is 36.4 Å². The van der Waals surface area contributed by atoms with Gasteiger partial charge in [0, 0.05) is 18.8 Å². The SMILES string of the molecule is CCN(CC)S(=O)(=O)c1ccc(Nc2ncnc(N(CC#N)CC#N)c2[N+](=O)[O-])cc1. The van der Waals surface area contributed by atoms with Crippen molar-refractivity contribution < 1.29 is 13.3 Å². The Labute approximate surface area is 179 Å². The van der Waals surface area contributed by atoms with E-state index in [1.165, 1.54) is 28.6 Å². The van der Waals surface area contributed by atoms with Crippen molar-refractivity contribution in [1.82, 2.24) is 14.3 Å². The zero-order valence-corrected chi connectivity index (χ0v) is 17.7. The third-order valence-electron chi connectivity index (χ3n) is 4.27. The molecule has 13 heteroatoms. The fraction of sp³-hybridized carbons (Fsp3) is 0.333. The zero-order valence-electron chi connectivity index (χ0n) is 16.9. The van der Waals surface area contributed by atoms with Gasteiger partial charge in [-0.25, -0.2) is 18.4 Å². The fourth-order valence-corrected chi connectivity index (χ4v) is 4.25. The number of benzene rings is 1.